The molecule has 0 aliphatic carbocycles. The number of ether oxygens (including phenoxy) is 1. The van der Waals surface area contributed by atoms with Gasteiger partial charge in [-0.25, -0.2) is 0 Å². The van der Waals surface area contributed by atoms with E-state index >= 15 is 0 Å². The van der Waals surface area contributed by atoms with E-state index in [-0.39, 0.29) is 24.1 Å². The van der Waals surface area contributed by atoms with Gasteiger partial charge in [0.1, 0.15) is 0 Å². The van der Waals surface area contributed by atoms with Crippen molar-refractivity contribution in [2.24, 2.45) is 0 Å². The Morgan fingerprint density at radius 2 is 1.67 bits per heavy atom. The van der Waals surface area contributed by atoms with Crippen LogP contribution in [0.2, 0.25) is 0 Å². The van der Waals surface area contributed by atoms with Crippen LogP contribution in [0.25, 0.3) is 0 Å². The fourth-order valence-electron chi connectivity index (χ4n) is 1.85. The zero-order valence-corrected chi connectivity index (χ0v) is 12.9. The van der Waals surface area contributed by atoms with Crippen LogP contribution in [0.4, 0.5) is 0 Å². The van der Waals surface area contributed by atoms with Gasteiger partial charge in [0.15, 0.2) is 5.78 Å². The van der Waals surface area contributed by atoms with E-state index < -0.39 is 5.54 Å². The first-order chi connectivity index (χ1) is 9.81. The van der Waals surface area contributed by atoms with E-state index in [1.807, 2.05) is 6.92 Å². The summed E-state index contributed by atoms with van der Waals surface area (Å²) >= 11 is 0. The first-order valence-corrected chi connectivity index (χ1v) is 6.81. The van der Waals surface area contributed by atoms with Crippen molar-refractivity contribution < 1.29 is 19.1 Å². The molecule has 5 nitrogen and oxygen atoms in total. The summed E-state index contributed by atoms with van der Waals surface area (Å²) in [4.78, 5) is 34.8. The molecule has 1 aromatic carbocycles. The van der Waals surface area contributed by atoms with Gasteiger partial charge < -0.3 is 10.1 Å². The molecule has 114 valence electrons. The molecule has 21 heavy (non-hydrogen) atoms. The minimum atomic E-state index is -0.663. The molecule has 0 aliphatic rings. The Bertz CT molecular complexity index is 536. The molecule has 1 N–H and O–H groups in total. The quantitative estimate of drug-likeness (QED) is 0.645. The number of hydrogen-bond acceptors (Lipinski definition) is 4. The normalized spacial score (nSPS) is 13.1. The highest BCUT2D eigenvalue weighted by Crippen LogP contribution is 2.16. The number of carbonyl (C=O) groups is 3. The van der Waals surface area contributed by atoms with E-state index in [1.165, 1.54) is 14.0 Å². The van der Waals surface area contributed by atoms with Crippen LogP contribution < -0.4 is 5.32 Å². The van der Waals surface area contributed by atoms with Gasteiger partial charge in [-0.2, -0.15) is 0 Å². The predicted molar refractivity (Wildman–Crippen MR) is 79.2 cm³/mol. The highest BCUT2D eigenvalue weighted by Gasteiger charge is 2.28. The van der Waals surface area contributed by atoms with Crippen LogP contribution in [-0.4, -0.2) is 30.3 Å². The number of nitrogens with one attached hydrogen (secondary N) is 1. The van der Waals surface area contributed by atoms with Crippen molar-refractivity contribution in [2.75, 3.05) is 7.11 Å². The third kappa shape index (κ3) is 4.70. The molecule has 1 rings (SSSR count). The lowest BCUT2D eigenvalue weighted by Crippen LogP contribution is -2.47. The SMILES string of the molecule is CC[C@@](C)(CC(=O)OC)NC(=O)c1ccc(C(C)=O)cc1. The fourth-order valence-corrected chi connectivity index (χ4v) is 1.85. The van der Waals surface area contributed by atoms with Crippen molar-refractivity contribution in [2.45, 2.75) is 39.2 Å². The summed E-state index contributed by atoms with van der Waals surface area (Å²) in [7, 11) is 1.32. The Hall–Kier alpha value is -2.17. The number of methoxy groups -OCH3 is 1. The first-order valence-electron chi connectivity index (χ1n) is 6.81. The topological polar surface area (TPSA) is 72.5 Å². The van der Waals surface area contributed by atoms with Crippen LogP contribution in [-0.2, 0) is 9.53 Å². The first kappa shape index (κ1) is 16.9. The number of Topliss-reactive ketones (excluding diaryl/α,β-unsaturated/α-hetero) is 1. The molecule has 0 radical (unpaired) electrons. The Balaban J connectivity index is 2.82. The van der Waals surface area contributed by atoms with Crippen molar-refractivity contribution in [1.29, 1.82) is 0 Å². The van der Waals surface area contributed by atoms with Crippen molar-refractivity contribution >= 4 is 17.7 Å². The summed E-state index contributed by atoms with van der Waals surface area (Å²) in [6, 6.07) is 6.42. The maximum absolute atomic E-state index is 12.2. The van der Waals surface area contributed by atoms with Gasteiger partial charge in [0.2, 0.25) is 0 Å². The molecule has 0 saturated heterocycles. The molecule has 0 fully saturated rings. The summed E-state index contributed by atoms with van der Waals surface area (Å²) in [5.74, 6) is -0.698. The summed E-state index contributed by atoms with van der Waals surface area (Å²) in [6.07, 6.45) is 0.705. The van der Waals surface area contributed by atoms with E-state index in [0.29, 0.717) is 17.5 Å². The zero-order valence-electron chi connectivity index (χ0n) is 12.9. The average Bonchev–Trinajstić information content (AvgIpc) is 2.47. The minimum absolute atomic E-state index is 0.0500. The van der Waals surface area contributed by atoms with Crippen molar-refractivity contribution in [3.8, 4) is 0 Å². The smallest absolute Gasteiger partial charge is 0.307 e. The Kier molecular flexibility index (Phi) is 5.64. The van der Waals surface area contributed by atoms with Crippen LogP contribution in [0.3, 0.4) is 0 Å². The maximum atomic E-state index is 12.2. The molecule has 0 aliphatic heterocycles. The van der Waals surface area contributed by atoms with Gasteiger partial charge in [0.05, 0.1) is 13.5 Å². The molecule has 0 unspecified atom stereocenters. The van der Waals surface area contributed by atoms with Gasteiger partial charge in [-0.1, -0.05) is 19.1 Å². The van der Waals surface area contributed by atoms with Gasteiger partial charge in [-0.3, -0.25) is 14.4 Å². The summed E-state index contributed by atoms with van der Waals surface area (Å²) in [5, 5.41) is 2.85. The lowest BCUT2D eigenvalue weighted by atomic mass is 9.94. The molecule has 1 amide bonds. The van der Waals surface area contributed by atoms with E-state index in [2.05, 4.69) is 10.1 Å². The molecule has 5 heteroatoms. The number of benzene rings is 1. The lowest BCUT2D eigenvalue weighted by molar-refractivity contribution is -0.142. The number of carbonyl (C=O) groups excluding carboxylic acids is 3. The number of esters is 1. The second kappa shape index (κ2) is 7.02. The van der Waals surface area contributed by atoms with Crippen LogP contribution in [0.1, 0.15) is 54.3 Å². The third-order valence-electron chi connectivity index (χ3n) is 3.51. The molecule has 0 spiro atoms. The highest BCUT2D eigenvalue weighted by atomic mass is 16.5. The summed E-state index contributed by atoms with van der Waals surface area (Å²) in [5.41, 5.74) is 0.340. The van der Waals surface area contributed by atoms with Crippen LogP contribution in [0.5, 0.6) is 0 Å². The molecule has 0 heterocycles. The molecule has 1 aromatic rings. The van der Waals surface area contributed by atoms with E-state index in [1.54, 1.807) is 31.2 Å². The standard InChI is InChI=1S/C16H21NO4/c1-5-16(3,10-14(19)21-4)17-15(20)13-8-6-12(7-9-13)11(2)18/h6-9H,5,10H2,1-4H3,(H,17,20)/t16-/m0/s1. The third-order valence-corrected chi connectivity index (χ3v) is 3.51. The number of hydrogen-bond donors (Lipinski definition) is 1. The fraction of sp³-hybridized carbons (Fsp3) is 0.438. The van der Waals surface area contributed by atoms with Crippen LogP contribution in [0.15, 0.2) is 24.3 Å². The summed E-state index contributed by atoms with van der Waals surface area (Å²) < 4.78 is 4.65. The molecular weight excluding hydrogens is 270 g/mol. The van der Waals surface area contributed by atoms with Gasteiger partial charge in [0.25, 0.3) is 5.91 Å². The number of ketones is 1. The maximum Gasteiger partial charge on any atom is 0.307 e. The number of amides is 1. The molecule has 0 aromatic heterocycles. The van der Waals surface area contributed by atoms with Crippen molar-refractivity contribution in [1.82, 2.24) is 5.32 Å². The van der Waals surface area contributed by atoms with Crippen molar-refractivity contribution in [3.05, 3.63) is 35.4 Å². The minimum Gasteiger partial charge on any atom is -0.469 e. The Labute approximate surface area is 124 Å². The monoisotopic (exact) mass is 291 g/mol. The second-order valence-corrected chi connectivity index (χ2v) is 5.25. The highest BCUT2D eigenvalue weighted by molar-refractivity contribution is 5.98. The average molecular weight is 291 g/mol. The summed E-state index contributed by atoms with van der Waals surface area (Å²) in [6.45, 7) is 5.16. The van der Waals surface area contributed by atoms with Crippen LogP contribution in [0, 0.1) is 0 Å². The van der Waals surface area contributed by atoms with Crippen LogP contribution >= 0.6 is 0 Å². The van der Waals surface area contributed by atoms with E-state index in [4.69, 9.17) is 0 Å². The number of rotatable bonds is 6. The molecule has 0 bridgehead atoms. The zero-order chi connectivity index (χ0) is 16.0. The lowest BCUT2D eigenvalue weighted by Gasteiger charge is -2.28. The van der Waals surface area contributed by atoms with Crippen molar-refractivity contribution in [3.63, 3.8) is 0 Å². The van der Waals surface area contributed by atoms with Gasteiger partial charge in [-0.05, 0) is 32.4 Å². The molecular formula is C16H21NO4. The Morgan fingerprint density at radius 1 is 1.14 bits per heavy atom. The van der Waals surface area contributed by atoms with Gasteiger partial charge >= 0.3 is 5.97 Å². The van der Waals surface area contributed by atoms with Gasteiger partial charge in [0, 0.05) is 16.7 Å². The molecule has 0 saturated carbocycles. The van der Waals surface area contributed by atoms with E-state index in [9.17, 15) is 14.4 Å². The Morgan fingerprint density at radius 3 is 2.10 bits per heavy atom. The second-order valence-electron chi connectivity index (χ2n) is 5.25. The predicted octanol–water partition coefficient (Wildman–Crippen LogP) is 2.35. The van der Waals surface area contributed by atoms with Gasteiger partial charge in [-0.15, -0.1) is 0 Å². The van der Waals surface area contributed by atoms with E-state index in [0.717, 1.165) is 0 Å². The largest absolute Gasteiger partial charge is 0.469 e. The molecule has 1 atom stereocenters.